The standard InChI is InChI=1S/C13H10BrFN2O/c1-17-8-10(7-16-17)13(18)5-3-9-2-4-12(15)11(14)6-9/h2-8H,1H3/b5-3+. The highest BCUT2D eigenvalue weighted by molar-refractivity contribution is 9.10. The minimum absolute atomic E-state index is 0.136. The van der Waals surface area contributed by atoms with Crippen molar-refractivity contribution < 1.29 is 9.18 Å². The first kappa shape index (κ1) is 12.7. The number of nitrogens with zero attached hydrogens (tertiary/aromatic N) is 2. The quantitative estimate of drug-likeness (QED) is 0.644. The van der Waals surface area contributed by atoms with Crippen molar-refractivity contribution >= 4 is 27.8 Å². The van der Waals surface area contributed by atoms with Crippen molar-refractivity contribution in [3.63, 3.8) is 0 Å². The minimum atomic E-state index is -0.328. The van der Waals surface area contributed by atoms with Crippen LogP contribution in [0.25, 0.3) is 6.08 Å². The second-order valence-corrected chi connectivity index (χ2v) is 4.63. The molecule has 1 aromatic heterocycles. The lowest BCUT2D eigenvalue weighted by Crippen LogP contribution is -1.92. The molecule has 18 heavy (non-hydrogen) atoms. The summed E-state index contributed by atoms with van der Waals surface area (Å²) in [5.74, 6) is -0.464. The van der Waals surface area contributed by atoms with Crippen LogP contribution in [0.3, 0.4) is 0 Å². The maximum Gasteiger partial charge on any atom is 0.189 e. The summed E-state index contributed by atoms with van der Waals surface area (Å²) in [6.45, 7) is 0. The van der Waals surface area contributed by atoms with Crippen molar-refractivity contribution in [2.24, 2.45) is 7.05 Å². The van der Waals surface area contributed by atoms with Gasteiger partial charge in [0.1, 0.15) is 5.82 Å². The summed E-state index contributed by atoms with van der Waals surface area (Å²) in [7, 11) is 1.75. The Morgan fingerprint density at radius 1 is 1.50 bits per heavy atom. The first-order valence-corrected chi connectivity index (χ1v) is 6.01. The first-order chi connectivity index (χ1) is 8.56. The molecular formula is C13H10BrFN2O. The molecule has 0 spiro atoms. The maximum atomic E-state index is 13.0. The van der Waals surface area contributed by atoms with E-state index in [0.29, 0.717) is 10.0 Å². The van der Waals surface area contributed by atoms with Crippen LogP contribution in [0.1, 0.15) is 15.9 Å². The van der Waals surface area contributed by atoms with Crippen LogP contribution in [0.4, 0.5) is 4.39 Å². The molecular weight excluding hydrogens is 299 g/mol. The Hall–Kier alpha value is -1.75. The molecule has 0 aliphatic carbocycles. The van der Waals surface area contributed by atoms with Gasteiger partial charge in [-0.15, -0.1) is 0 Å². The molecule has 0 unspecified atom stereocenters. The Morgan fingerprint density at radius 2 is 2.28 bits per heavy atom. The summed E-state index contributed by atoms with van der Waals surface area (Å²) >= 11 is 3.09. The molecule has 0 atom stereocenters. The zero-order chi connectivity index (χ0) is 13.1. The van der Waals surface area contributed by atoms with E-state index in [0.717, 1.165) is 5.56 Å². The molecule has 0 aliphatic heterocycles. The van der Waals surface area contributed by atoms with Crippen LogP contribution in [0.5, 0.6) is 0 Å². The topological polar surface area (TPSA) is 34.9 Å². The summed E-state index contributed by atoms with van der Waals surface area (Å²) in [6, 6.07) is 4.56. The van der Waals surface area contributed by atoms with Crippen LogP contribution in [-0.4, -0.2) is 15.6 Å². The molecule has 2 aromatic rings. The fourth-order valence-corrected chi connectivity index (χ4v) is 1.83. The molecule has 0 aliphatic rings. The molecule has 1 aromatic carbocycles. The number of hydrogen-bond donors (Lipinski definition) is 0. The molecule has 0 radical (unpaired) electrons. The monoisotopic (exact) mass is 308 g/mol. The highest BCUT2D eigenvalue weighted by Gasteiger charge is 2.04. The number of aromatic nitrogens is 2. The van der Waals surface area contributed by atoms with Crippen LogP contribution >= 0.6 is 15.9 Å². The third kappa shape index (κ3) is 2.92. The zero-order valence-corrected chi connectivity index (χ0v) is 11.2. The summed E-state index contributed by atoms with van der Waals surface area (Å²) in [4.78, 5) is 11.8. The lowest BCUT2D eigenvalue weighted by atomic mass is 10.1. The van der Waals surface area contributed by atoms with Crippen molar-refractivity contribution in [2.45, 2.75) is 0 Å². The minimum Gasteiger partial charge on any atom is -0.289 e. The Labute approximate surface area is 112 Å². The van der Waals surface area contributed by atoms with Gasteiger partial charge in [-0.1, -0.05) is 12.1 Å². The van der Waals surface area contributed by atoms with E-state index >= 15 is 0 Å². The van der Waals surface area contributed by atoms with Gasteiger partial charge >= 0.3 is 0 Å². The molecule has 0 saturated heterocycles. The third-order valence-electron chi connectivity index (χ3n) is 2.36. The molecule has 0 bridgehead atoms. The van der Waals surface area contributed by atoms with Gasteiger partial charge < -0.3 is 0 Å². The number of allylic oxidation sites excluding steroid dienone is 1. The number of carbonyl (C=O) groups excluding carboxylic acids is 1. The summed E-state index contributed by atoms with van der Waals surface area (Å²) in [5, 5.41) is 3.92. The Balaban J connectivity index is 2.15. The predicted octanol–water partition coefficient (Wildman–Crippen LogP) is 3.22. The van der Waals surface area contributed by atoms with Gasteiger partial charge in [0.2, 0.25) is 0 Å². The van der Waals surface area contributed by atoms with Crippen LogP contribution in [0.15, 0.2) is 41.1 Å². The largest absolute Gasteiger partial charge is 0.289 e. The second kappa shape index (κ2) is 5.27. The predicted molar refractivity (Wildman–Crippen MR) is 70.7 cm³/mol. The molecule has 0 amide bonds. The van der Waals surface area contributed by atoms with Crippen molar-refractivity contribution in [1.29, 1.82) is 0 Å². The van der Waals surface area contributed by atoms with Crippen molar-refractivity contribution in [3.8, 4) is 0 Å². The number of aryl methyl sites for hydroxylation is 1. The normalized spacial score (nSPS) is 11.1. The highest BCUT2D eigenvalue weighted by Crippen LogP contribution is 2.17. The molecule has 0 fully saturated rings. The number of ketones is 1. The lowest BCUT2D eigenvalue weighted by molar-refractivity contribution is 0.104. The van der Waals surface area contributed by atoms with Crippen LogP contribution < -0.4 is 0 Å². The van der Waals surface area contributed by atoms with Gasteiger partial charge in [0.25, 0.3) is 0 Å². The van der Waals surface area contributed by atoms with Crippen molar-refractivity contribution in [2.75, 3.05) is 0 Å². The van der Waals surface area contributed by atoms with E-state index in [-0.39, 0.29) is 11.6 Å². The zero-order valence-electron chi connectivity index (χ0n) is 9.60. The third-order valence-corrected chi connectivity index (χ3v) is 2.97. The molecule has 5 heteroatoms. The van der Waals surface area contributed by atoms with Gasteiger partial charge in [-0.05, 0) is 39.7 Å². The average molecular weight is 309 g/mol. The van der Waals surface area contributed by atoms with Crippen molar-refractivity contribution in [3.05, 3.63) is 58.1 Å². The van der Waals surface area contributed by atoms with E-state index in [1.807, 2.05) is 0 Å². The Kier molecular flexibility index (Phi) is 3.72. The number of carbonyl (C=O) groups is 1. The molecule has 92 valence electrons. The van der Waals surface area contributed by atoms with Gasteiger partial charge in [-0.3, -0.25) is 9.48 Å². The van der Waals surface area contributed by atoms with E-state index in [9.17, 15) is 9.18 Å². The second-order valence-electron chi connectivity index (χ2n) is 3.77. The SMILES string of the molecule is Cn1cc(C(=O)/C=C/c2ccc(F)c(Br)c2)cn1. The van der Waals surface area contributed by atoms with Gasteiger partial charge in [0.05, 0.1) is 16.2 Å². The maximum absolute atomic E-state index is 13.0. The van der Waals surface area contributed by atoms with E-state index in [1.54, 1.807) is 36.1 Å². The highest BCUT2D eigenvalue weighted by atomic mass is 79.9. The Morgan fingerprint density at radius 3 is 2.89 bits per heavy atom. The smallest absolute Gasteiger partial charge is 0.189 e. The van der Waals surface area contributed by atoms with Crippen LogP contribution in [-0.2, 0) is 7.05 Å². The van der Waals surface area contributed by atoms with E-state index in [1.165, 1.54) is 18.3 Å². The van der Waals surface area contributed by atoms with Crippen molar-refractivity contribution in [1.82, 2.24) is 9.78 Å². The summed E-state index contributed by atoms with van der Waals surface area (Å²) in [6.07, 6.45) is 6.23. The fourth-order valence-electron chi connectivity index (χ4n) is 1.43. The molecule has 2 rings (SSSR count). The van der Waals surface area contributed by atoms with Gasteiger partial charge in [-0.2, -0.15) is 5.10 Å². The van der Waals surface area contributed by atoms with Crippen LogP contribution in [0, 0.1) is 5.82 Å². The average Bonchev–Trinajstić information content (AvgIpc) is 2.77. The number of hydrogen-bond acceptors (Lipinski definition) is 2. The lowest BCUT2D eigenvalue weighted by Gasteiger charge is -1.96. The van der Waals surface area contributed by atoms with E-state index in [4.69, 9.17) is 0 Å². The number of rotatable bonds is 3. The number of halogens is 2. The fraction of sp³-hybridized carbons (Fsp3) is 0.0769. The summed E-state index contributed by atoms with van der Waals surface area (Å²) in [5.41, 5.74) is 1.27. The van der Waals surface area contributed by atoms with E-state index < -0.39 is 0 Å². The Bertz CT molecular complexity index is 619. The first-order valence-electron chi connectivity index (χ1n) is 5.22. The van der Waals surface area contributed by atoms with Gasteiger partial charge in [0, 0.05) is 13.2 Å². The molecule has 3 nitrogen and oxygen atoms in total. The summed E-state index contributed by atoms with van der Waals surface area (Å²) < 4.78 is 15.0. The number of benzene rings is 1. The molecule has 1 heterocycles. The van der Waals surface area contributed by atoms with Crippen LogP contribution in [0.2, 0.25) is 0 Å². The van der Waals surface area contributed by atoms with Gasteiger partial charge in [0.15, 0.2) is 5.78 Å². The van der Waals surface area contributed by atoms with Gasteiger partial charge in [-0.25, -0.2) is 4.39 Å². The van der Waals surface area contributed by atoms with E-state index in [2.05, 4.69) is 21.0 Å². The molecule has 0 saturated carbocycles. The molecule has 0 N–H and O–H groups in total.